The summed E-state index contributed by atoms with van der Waals surface area (Å²) in [6.07, 6.45) is 10.5. The minimum absolute atomic E-state index is 0.0703. The van der Waals surface area contributed by atoms with Crippen molar-refractivity contribution in [2.24, 2.45) is 0 Å². The average molecular weight is 480 g/mol. The zero-order valence-corrected chi connectivity index (χ0v) is 21.1. The Morgan fingerprint density at radius 2 is 1.94 bits per heavy atom. The lowest BCUT2D eigenvalue weighted by Crippen LogP contribution is -2.10. The summed E-state index contributed by atoms with van der Waals surface area (Å²) in [4.78, 5) is 14.0. The Morgan fingerprint density at radius 1 is 1.09 bits per heavy atom. The standard InChI is InChI=1S/C26H33N5O2S/c1-19-6-5-7-24(30-19)25-26(31(17-29-25)18-33-12-13-34(2,3)4)20-8-9-23-21(14-20)15-22(16-28-23)27-10-11-32/h5-9,14-17,27,32H,10-13,18H2,1-4H3. The molecule has 1 aromatic carbocycles. The average Bonchev–Trinajstić information content (AvgIpc) is 3.23. The highest BCUT2D eigenvalue weighted by Gasteiger charge is 2.17. The number of ether oxygens (including phenoxy) is 1. The molecule has 4 rings (SSSR count). The first-order valence-corrected chi connectivity index (χ1v) is 14.3. The third-order valence-corrected chi connectivity index (χ3v) is 6.83. The van der Waals surface area contributed by atoms with E-state index in [1.165, 1.54) is 0 Å². The molecule has 3 heterocycles. The number of aromatic nitrogens is 4. The molecule has 0 radical (unpaired) electrons. The van der Waals surface area contributed by atoms with Gasteiger partial charge in [0.1, 0.15) is 12.4 Å². The SMILES string of the molecule is Cc1cccc(-c2ncn(COCCS(C)(C)C)c2-c2ccc3ncc(NCCO)cc3c2)n1. The fourth-order valence-corrected chi connectivity index (χ4v) is 4.31. The van der Waals surface area contributed by atoms with E-state index < -0.39 is 10.0 Å². The fourth-order valence-electron chi connectivity index (χ4n) is 3.69. The number of aryl methyl sites for hydroxylation is 1. The van der Waals surface area contributed by atoms with Crippen molar-refractivity contribution in [2.75, 3.05) is 49.6 Å². The van der Waals surface area contributed by atoms with Crippen molar-refractivity contribution in [3.8, 4) is 22.6 Å². The van der Waals surface area contributed by atoms with Crippen LogP contribution in [0.25, 0.3) is 33.5 Å². The molecule has 0 fully saturated rings. The van der Waals surface area contributed by atoms with Gasteiger partial charge in [0.05, 0.1) is 48.3 Å². The predicted molar refractivity (Wildman–Crippen MR) is 143 cm³/mol. The first-order chi connectivity index (χ1) is 16.3. The Morgan fingerprint density at radius 3 is 2.71 bits per heavy atom. The van der Waals surface area contributed by atoms with E-state index in [0.29, 0.717) is 13.3 Å². The second-order valence-corrected chi connectivity index (χ2v) is 13.8. The van der Waals surface area contributed by atoms with E-state index in [9.17, 15) is 0 Å². The van der Waals surface area contributed by atoms with Crippen molar-refractivity contribution >= 4 is 26.6 Å². The number of hydrogen-bond donors (Lipinski definition) is 2. The number of nitrogens with one attached hydrogen (secondary N) is 1. The molecular formula is C26H33N5O2S. The van der Waals surface area contributed by atoms with E-state index >= 15 is 0 Å². The molecular weight excluding hydrogens is 446 g/mol. The maximum absolute atomic E-state index is 9.12. The number of imidazole rings is 1. The van der Waals surface area contributed by atoms with Crippen LogP contribution in [0.4, 0.5) is 5.69 Å². The zero-order chi connectivity index (χ0) is 24.1. The summed E-state index contributed by atoms with van der Waals surface area (Å²) < 4.78 is 8.11. The van der Waals surface area contributed by atoms with Crippen LogP contribution in [0.15, 0.2) is 55.0 Å². The van der Waals surface area contributed by atoms with Gasteiger partial charge in [-0.25, -0.2) is 15.0 Å². The van der Waals surface area contributed by atoms with Crippen LogP contribution < -0.4 is 5.32 Å². The van der Waals surface area contributed by atoms with Gasteiger partial charge in [-0.1, -0.05) is 12.1 Å². The lowest BCUT2D eigenvalue weighted by molar-refractivity contribution is 0.0907. The number of benzene rings is 1. The molecule has 0 saturated carbocycles. The fraction of sp³-hybridized carbons (Fsp3) is 0.346. The van der Waals surface area contributed by atoms with E-state index in [4.69, 9.17) is 19.8 Å². The molecule has 2 N–H and O–H groups in total. The van der Waals surface area contributed by atoms with Crippen molar-refractivity contribution in [3.63, 3.8) is 0 Å². The first-order valence-electron chi connectivity index (χ1n) is 11.3. The van der Waals surface area contributed by atoms with Crippen LogP contribution in [0.5, 0.6) is 0 Å². The summed E-state index contributed by atoms with van der Waals surface area (Å²) >= 11 is 0. The number of hydrogen-bond acceptors (Lipinski definition) is 6. The van der Waals surface area contributed by atoms with Crippen molar-refractivity contribution in [2.45, 2.75) is 13.7 Å². The number of aliphatic hydroxyl groups is 1. The lowest BCUT2D eigenvalue weighted by Gasteiger charge is -2.24. The number of fused-ring (bicyclic) bond motifs is 1. The maximum Gasteiger partial charge on any atom is 0.124 e. The number of pyridine rings is 2. The van der Waals surface area contributed by atoms with Crippen LogP contribution in [0.3, 0.4) is 0 Å². The molecule has 0 amide bonds. The Balaban J connectivity index is 1.72. The molecule has 0 unspecified atom stereocenters. The Labute approximate surface area is 202 Å². The Bertz CT molecular complexity index is 1270. The third-order valence-electron chi connectivity index (χ3n) is 5.43. The van der Waals surface area contributed by atoms with Gasteiger partial charge in [0.25, 0.3) is 0 Å². The molecule has 4 aromatic rings. The summed E-state index contributed by atoms with van der Waals surface area (Å²) in [6.45, 7) is 3.69. The monoisotopic (exact) mass is 479 g/mol. The summed E-state index contributed by atoms with van der Waals surface area (Å²) in [5, 5.41) is 13.3. The van der Waals surface area contributed by atoms with E-state index in [2.05, 4.69) is 51.8 Å². The molecule has 0 spiro atoms. The van der Waals surface area contributed by atoms with Crippen LogP contribution in [0.2, 0.25) is 0 Å². The minimum atomic E-state index is -0.607. The summed E-state index contributed by atoms with van der Waals surface area (Å²) in [5.74, 6) is 1.06. The predicted octanol–water partition coefficient (Wildman–Crippen LogP) is 4.54. The molecule has 0 aliphatic carbocycles. The van der Waals surface area contributed by atoms with Crippen molar-refractivity contribution in [3.05, 3.63) is 60.7 Å². The van der Waals surface area contributed by atoms with Gasteiger partial charge in [-0.05, 0) is 56.0 Å². The van der Waals surface area contributed by atoms with E-state index in [1.54, 1.807) is 6.20 Å². The number of rotatable bonds is 10. The van der Waals surface area contributed by atoms with E-state index in [0.717, 1.165) is 57.3 Å². The highest BCUT2D eigenvalue weighted by Crippen LogP contribution is 2.34. The number of anilines is 1. The summed E-state index contributed by atoms with van der Waals surface area (Å²) in [7, 11) is -0.607. The molecule has 8 heteroatoms. The maximum atomic E-state index is 9.12. The van der Waals surface area contributed by atoms with Gasteiger partial charge >= 0.3 is 0 Å². The van der Waals surface area contributed by atoms with Crippen molar-refractivity contribution in [1.29, 1.82) is 0 Å². The quantitative estimate of drug-likeness (QED) is 0.325. The molecule has 34 heavy (non-hydrogen) atoms. The third kappa shape index (κ3) is 5.94. The van der Waals surface area contributed by atoms with Crippen LogP contribution in [0.1, 0.15) is 5.69 Å². The van der Waals surface area contributed by atoms with Gasteiger partial charge < -0.3 is 19.7 Å². The molecule has 0 saturated heterocycles. The Hall–Kier alpha value is -2.94. The highest BCUT2D eigenvalue weighted by atomic mass is 32.3. The van der Waals surface area contributed by atoms with E-state index in [1.807, 2.05) is 37.5 Å². The molecule has 0 atom stereocenters. The van der Waals surface area contributed by atoms with E-state index in [-0.39, 0.29) is 6.61 Å². The van der Waals surface area contributed by atoms with Gasteiger partial charge in [0.15, 0.2) is 0 Å². The summed E-state index contributed by atoms with van der Waals surface area (Å²) in [6, 6.07) is 14.3. The smallest absolute Gasteiger partial charge is 0.124 e. The topological polar surface area (TPSA) is 85.1 Å². The zero-order valence-electron chi connectivity index (χ0n) is 20.3. The van der Waals surface area contributed by atoms with Gasteiger partial charge in [-0.15, -0.1) is 0 Å². The molecule has 0 bridgehead atoms. The molecule has 0 aliphatic rings. The molecule has 0 aliphatic heterocycles. The molecule has 3 aromatic heterocycles. The number of aliphatic hydroxyl groups excluding tert-OH is 1. The van der Waals surface area contributed by atoms with Gasteiger partial charge in [-0.2, -0.15) is 0 Å². The normalized spacial score (nSPS) is 12.3. The van der Waals surface area contributed by atoms with Crippen LogP contribution in [0, 0.1) is 6.92 Å². The second-order valence-electron chi connectivity index (χ2n) is 9.19. The van der Waals surface area contributed by atoms with Crippen molar-refractivity contribution < 1.29 is 9.84 Å². The minimum Gasteiger partial charge on any atom is -0.395 e. The van der Waals surface area contributed by atoms with Gasteiger partial charge in [0, 0.05) is 28.9 Å². The molecule has 180 valence electrons. The summed E-state index contributed by atoms with van der Waals surface area (Å²) in [5.41, 5.74) is 6.39. The van der Waals surface area contributed by atoms with Crippen LogP contribution in [-0.2, 0) is 11.5 Å². The first kappa shape index (κ1) is 24.2. The largest absolute Gasteiger partial charge is 0.395 e. The van der Waals surface area contributed by atoms with Crippen LogP contribution in [-0.4, -0.2) is 68.9 Å². The van der Waals surface area contributed by atoms with Gasteiger partial charge in [-0.3, -0.25) is 9.97 Å². The highest BCUT2D eigenvalue weighted by molar-refractivity contribution is 8.32. The lowest BCUT2D eigenvalue weighted by atomic mass is 10.0. The second kappa shape index (κ2) is 10.5. The van der Waals surface area contributed by atoms with Crippen LogP contribution >= 0.6 is 10.0 Å². The Kier molecular flexibility index (Phi) is 7.50. The number of nitrogens with zero attached hydrogens (tertiary/aromatic N) is 4. The molecule has 7 nitrogen and oxygen atoms in total. The van der Waals surface area contributed by atoms with Crippen molar-refractivity contribution in [1.82, 2.24) is 19.5 Å². The van der Waals surface area contributed by atoms with Gasteiger partial charge in [0.2, 0.25) is 0 Å².